The Kier molecular flexibility index (Phi) is 6.04. The monoisotopic (exact) mass is 339 g/mol. The second-order valence-corrected chi connectivity index (χ2v) is 6.99. The standard InChI is InChI=1S/C17H22FNO3S/c1-4-9-22-17(21)14-10-23-16(11(2)3)19(14)15(20)12-7-5-6-8-13(12)18/h5-8,11,14,16H,4,9-10H2,1-3H3/t14-,16-/m1/s1. The Morgan fingerprint density at radius 2 is 2.09 bits per heavy atom. The first-order valence-electron chi connectivity index (χ1n) is 7.82. The Morgan fingerprint density at radius 3 is 2.70 bits per heavy atom. The van der Waals surface area contributed by atoms with Crippen LogP contribution in [0.3, 0.4) is 0 Å². The molecule has 1 saturated heterocycles. The van der Waals surface area contributed by atoms with Crippen molar-refractivity contribution in [2.24, 2.45) is 5.92 Å². The van der Waals surface area contributed by atoms with Crippen molar-refractivity contribution in [3.8, 4) is 0 Å². The Hall–Kier alpha value is -1.56. The summed E-state index contributed by atoms with van der Waals surface area (Å²) in [6.45, 7) is 6.21. The molecule has 0 spiro atoms. The van der Waals surface area contributed by atoms with Crippen molar-refractivity contribution in [3.05, 3.63) is 35.6 Å². The van der Waals surface area contributed by atoms with Gasteiger partial charge in [-0.2, -0.15) is 0 Å². The second kappa shape index (κ2) is 7.81. The molecule has 1 heterocycles. The van der Waals surface area contributed by atoms with Crippen LogP contribution in [-0.2, 0) is 9.53 Å². The summed E-state index contributed by atoms with van der Waals surface area (Å²) in [5.41, 5.74) is -0.00561. The number of ether oxygens (including phenoxy) is 1. The minimum Gasteiger partial charge on any atom is -0.464 e. The van der Waals surface area contributed by atoms with Crippen LogP contribution in [0.15, 0.2) is 24.3 Å². The van der Waals surface area contributed by atoms with E-state index in [9.17, 15) is 14.0 Å². The molecule has 1 aromatic carbocycles. The lowest BCUT2D eigenvalue weighted by molar-refractivity contribution is -0.148. The Bertz CT molecular complexity index is 579. The number of halogens is 1. The molecule has 1 aliphatic heterocycles. The van der Waals surface area contributed by atoms with Gasteiger partial charge in [0, 0.05) is 5.75 Å². The van der Waals surface area contributed by atoms with Crippen LogP contribution in [0.1, 0.15) is 37.6 Å². The van der Waals surface area contributed by atoms with Crippen LogP contribution < -0.4 is 0 Å². The number of nitrogens with zero attached hydrogens (tertiary/aromatic N) is 1. The SMILES string of the molecule is CCCOC(=O)[C@H]1CS[C@H](C(C)C)N1C(=O)c1ccccc1F. The largest absolute Gasteiger partial charge is 0.464 e. The van der Waals surface area contributed by atoms with Crippen LogP contribution in [-0.4, -0.2) is 40.6 Å². The van der Waals surface area contributed by atoms with E-state index in [0.717, 1.165) is 6.42 Å². The molecule has 1 aromatic rings. The molecular weight excluding hydrogens is 317 g/mol. The van der Waals surface area contributed by atoms with E-state index in [1.54, 1.807) is 6.07 Å². The van der Waals surface area contributed by atoms with E-state index in [1.165, 1.54) is 34.9 Å². The van der Waals surface area contributed by atoms with Gasteiger partial charge in [0.25, 0.3) is 5.91 Å². The molecule has 2 atom stereocenters. The summed E-state index contributed by atoms with van der Waals surface area (Å²) >= 11 is 1.54. The number of benzene rings is 1. The van der Waals surface area contributed by atoms with Gasteiger partial charge in [0.15, 0.2) is 0 Å². The average molecular weight is 339 g/mol. The predicted octanol–water partition coefficient (Wildman–Crippen LogP) is 3.32. The van der Waals surface area contributed by atoms with Crippen molar-refractivity contribution in [1.82, 2.24) is 4.90 Å². The molecule has 0 unspecified atom stereocenters. The molecule has 0 bridgehead atoms. The third kappa shape index (κ3) is 3.86. The highest BCUT2D eigenvalue weighted by Crippen LogP contribution is 2.35. The molecule has 4 nitrogen and oxygen atoms in total. The van der Waals surface area contributed by atoms with E-state index in [0.29, 0.717) is 12.4 Å². The number of carbonyl (C=O) groups excluding carboxylic acids is 2. The summed E-state index contributed by atoms with van der Waals surface area (Å²) in [6, 6.07) is 5.20. The molecule has 0 saturated carbocycles. The Labute approximate surface area is 140 Å². The molecule has 23 heavy (non-hydrogen) atoms. The van der Waals surface area contributed by atoms with Crippen LogP contribution in [0, 0.1) is 11.7 Å². The smallest absolute Gasteiger partial charge is 0.329 e. The first-order valence-corrected chi connectivity index (χ1v) is 8.87. The number of thioether (sulfide) groups is 1. The maximum absolute atomic E-state index is 14.0. The van der Waals surface area contributed by atoms with E-state index in [4.69, 9.17) is 4.74 Å². The molecule has 0 aliphatic carbocycles. The zero-order valence-electron chi connectivity index (χ0n) is 13.6. The second-order valence-electron chi connectivity index (χ2n) is 5.84. The summed E-state index contributed by atoms with van der Waals surface area (Å²) < 4.78 is 19.2. The summed E-state index contributed by atoms with van der Waals surface area (Å²) in [6.07, 6.45) is 0.723. The highest BCUT2D eigenvalue weighted by Gasteiger charge is 2.44. The molecule has 0 aromatic heterocycles. The maximum Gasteiger partial charge on any atom is 0.329 e. The zero-order chi connectivity index (χ0) is 17.0. The molecule has 126 valence electrons. The van der Waals surface area contributed by atoms with Crippen LogP contribution in [0.4, 0.5) is 4.39 Å². The van der Waals surface area contributed by atoms with E-state index >= 15 is 0 Å². The van der Waals surface area contributed by atoms with Crippen LogP contribution in [0.25, 0.3) is 0 Å². The fourth-order valence-corrected chi connectivity index (χ4v) is 4.02. The number of hydrogen-bond acceptors (Lipinski definition) is 4. The number of carbonyl (C=O) groups is 2. The molecule has 1 aliphatic rings. The van der Waals surface area contributed by atoms with Crippen molar-refractivity contribution >= 4 is 23.6 Å². The summed E-state index contributed by atoms with van der Waals surface area (Å²) in [5, 5.41) is -0.165. The van der Waals surface area contributed by atoms with Crippen LogP contribution >= 0.6 is 11.8 Å². The highest BCUT2D eigenvalue weighted by atomic mass is 32.2. The maximum atomic E-state index is 14.0. The molecule has 1 amide bonds. The number of hydrogen-bond donors (Lipinski definition) is 0. The minimum atomic E-state index is -0.661. The van der Waals surface area contributed by atoms with Gasteiger partial charge in [-0.25, -0.2) is 9.18 Å². The van der Waals surface area contributed by atoms with Crippen molar-refractivity contribution in [2.45, 2.75) is 38.6 Å². The third-order valence-electron chi connectivity index (χ3n) is 3.66. The predicted molar refractivity (Wildman–Crippen MR) is 88.7 cm³/mol. The van der Waals surface area contributed by atoms with E-state index in [2.05, 4.69) is 0 Å². The van der Waals surface area contributed by atoms with Gasteiger partial charge in [-0.05, 0) is 24.5 Å². The molecule has 2 rings (SSSR count). The fraction of sp³-hybridized carbons (Fsp3) is 0.529. The average Bonchev–Trinajstić information content (AvgIpc) is 2.97. The van der Waals surface area contributed by atoms with E-state index in [1.807, 2.05) is 20.8 Å². The van der Waals surface area contributed by atoms with Crippen molar-refractivity contribution in [1.29, 1.82) is 0 Å². The van der Waals surface area contributed by atoms with Crippen molar-refractivity contribution in [3.63, 3.8) is 0 Å². The molecule has 0 N–H and O–H groups in total. The van der Waals surface area contributed by atoms with Crippen molar-refractivity contribution in [2.75, 3.05) is 12.4 Å². The summed E-state index contributed by atoms with van der Waals surface area (Å²) in [7, 11) is 0. The normalized spacial score (nSPS) is 20.8. The lowest BCUT2D eigenvalue weighted by atomic mass is 10.1. The van der Waals surface area contributed by atoms with Gasteiger partial charge in [0.05, 0.1) is 17.5 Å². The van der Waals surface area contributed by atoms with Gasteiger partial charge in [0.2, 0.25) is 0 Å². The molecule has 1 fully saturated rings. The van der Waals surface area contributed by atoms with Gasteiger partial charge in [-0.3, -0.25) is 4.79 Å². The Morgan fingerprint density at radius 1 is 1.39 bits per heavy atom. The van der Waals surface area contributed by atoms with E-state index < -0.39 is 23.7 Å². The van der Waals surface area contributed by atoms with Crippen LogP contribution in [0.2, 0.25) is 0 Å². The summed E-state index contributed by atoms with van der Waals surface area (Å²) in [5.74, 6) is -0.805. The van der Waals surface area contributed by atoms with E-state index in [-0.39, 0.29) is 16.9 Å². The minimum absolute atomic E-state index is 0.00561. The van der Waals surface area contributed by atoms with Gasteiger partial charge in [-0.15, -0.1) is 11.8 Å². The Balaban J connectivity index is 2.29. The summed E-state index contributed by atoms with van der Waals surface area (Å²) in [4.78, 5) is 26.6. The molecule has 6 heteroatoms. The number of esters is 1. The first-order chi connectivity index (χ1) is 11.0. The lowest BCUT2D eigenvalue weighted by Crippen LogP contribution is -2.48. The van der Waals surface area contributed by atoms with Gasteiger partial charge in [0.1, 0.15) is 11.9 Å². The van der Waals surface area contributed by atoms with Gasteiger partial charge in [-0.1, -0.05) is 32.9 Å². The van der Waals surface area contributed by atoms with Gasteiger partial charge < -0.3 is 9.64 Å². The molecular formula is C17H22FNO3S. The van der Waals surface area contributed by atoms with Crippen molar-refractivity contribution < 1.29 is 18.7 Å². The lowest BCUT2D eigenvalue weighted by Gasteiger charge is -2.30. The molecule has 0 radical (unpaired) electrons. The fourth-order valence-electron chi connectivity index (χ4n) is 2.55. The topological polar surface area (TPSA) is 46.6 Å². The quantitative estimate of drug-likeness (QED) is 0.772. The number of amides is 1. The van der Waals surface area contributed by atoms with Gasteiger partial charge >= 0.3 is 5.97 Å². The highest BCUT2D eigenvalue weighted by molar-refractivity contribution is 8.00. The van der Waals surface area contributed by atoms with Crippen LogP contribution in [0.5, 0.6) is 0 Å². The zero-order valence-corrected chi connectivity index (χ0v) is 14.4. The number of rotatable bonds is 5. The first kappa shape index (κ1) is 17.8. The third-order valence-corrected chi connectivity index (χ3v) is 5.29.